The van der Waals surface area contributed by atoms with Crippen molar-refractivity contribution in [1.29, 1.82) is 0 Å². The molecule has 0 aliphatic rings. The normalized spacial score (nSPS) is 10.9. The number of hydrogen-bond donors (Lipinski definition) is 1. The van der Waals surface area contributed by atoms with Gasteiger partial charge in [0, 0.05) is 6.42 Å². The van der Waals surface area contributed by atoms with Gasteiger partial charge in [-0.05, 0) is 25.1 Å². The summed E-state index contributed by atoms with van der Waals surface area (Å²) in [5.74, 6) is -3.58. The lowest BCUT2D eigenvalue weighted by atomic mass is 10.1. The lowest BCUT2D eigenvalue weighted by Crippen LogP contribution is -2.00. The molecule has 0 radical (unpaired) electrons. The average Bonchev–Trinajstić information content (AvgIpc) is 2.82. The Morgan fingerprint density at radius 1 is 1.17 bits per heavy atom. The molecule has 2 N–H and O–H groups in total. The molecular weight excluding hydrogens is 245 g/mol. The first kappa shape index (κ1) is 12.6. The molecule has 2 aromatic rings. The number of oxazole rings is 1. The number of nitrogens with zero attached hydrogens (tertiary/aromatic N) is 1. The number of rotatable bonds is 4. The van der Waals surface area contributed by atoms with Crippen LogP contribution in [0.25, 0.3) is 11.3 Å². The van der Waals surface area contributed by atoms with E-state index in [1.807, 2.05) is 0 Å². The molecule has 0 aliphatic heterocycles. The first-order valence-electron chi connectivity index (χ1n) is 5.42. The van der Waals surface area contributed by atoms with Gasteiger partial charge in [-0.25, -0.2) is 18.2 Å². The fraction of sp³-hybridized carbons (Fsp3) is 0.250. The van der Waals surface area contributed by atoms with Crippen LogP contribution in [0.2, 0.25) is 0 Å². The highest BCUT2D eigenvalue weighted by Crippen LogP contribution is 2.26. The molecule has 6 heteroatoms. The maximum Gasteiger partial charge on any atom is 0.195 e. The molecule has 3 nitrogen and oxygen atoms in total. The number of aromatic nitrogens is 1. The molecule has 0 fully saturated rings. The Bertz CT molecular complexity index is 554. The summed E-state index contributed by atoms with van der Waals surface area (Å²) >= 11 is 0. The van der Waals surface area contributed by atoms with Gasteiger partial charge in [-0.15, -0.1) is 0 Å². The first-order chi connectivity index (χ1) is 8.63. The van der Waals surface area contributed by atoms with Crippen LogP contribution >= 0.6 is 0 Å². The Balaban J connectivity index is 2.31. The summed E-state index contributed by atoms with van der Waals surface area (Å²) in [5.41, 5.74) is 5.18. The maximum absolute atomic E-state index is 13.5. The second-order valence-corrected chi connectivity index (χ2v) is 3.73. The zero-order valence-electron chi connectivity index (χ0n) is 9.42. The van der Waals surface area contributed by atoms with E-state index >= 15 is 0 Å². The highest BCUT2D eigenvalue weighted by Gasteiger charge is 2.17. The van der Waals surface area contributed by atoms with Crippen LogP contribution in [0.4, 0.5) is 13.2 Å². The number of benzene rings is 1. The maximum atomic E-state index is 13.5. The minimum atomic E-state index is -1.52. The van der Waals surface area contributed by atoms with Crippen molar-refractivity contribution in [3.8, 4) is 11.3 Å². The summed E-state index contributed by atoms with van der Waals surface area (Å²) < 4.78 is 44.6. The van der Waals surface area contributed by atoms with Crippen LogP contribution in [-0.2, 0) is 6.42 Å². The minimum absolute atomic E-state index is 0.0680. The molecule has 1 aromatic carbocycles. The summed E-state index contributed by atoms with van der Waals surface area (Å²) in [6, 6.07) is 1.96. The fourth-order valence-corrected chi connectivity index (χ4v) is 1.52. The summed E-state index contributed by atoms with van der Waals surface area (Å²) in [5, 5.41) is 0. The molecule has 0 aliphatic carbocycles. The second-order valence-electron chi connectivity index (χ2n) is 3.73. The van der Waals surface area contributed by atoms with Crippen molar-refractivity contribution in [2.45, 2.75) is 12.8 Å². The molecule has 0 saturated heterocycles. The molecule has 0 amide bonds. The number of aryl methyl sites for hydroxylation is 1. The van der Waals surface area contributed by atoms with E-state index in [0.29, 0.717) is 25.3 Å². The van der Waals surface area contributed by atoms with Gasteiger partial charge in [-0.1, -0.05) is 0 Å². The molecule has 0 bridgehead atoms. The van der Waals surface area contributed by atoms with E-state index in [0.717, 1.165) is 12.1 Å². The lowest BCUT2D eigenvalue weighted by molar-refractivity contribution is 0.444. The predicted octanol–water partition coefficient (Wildman–Crippen LogP) is 2.65. The highest BCUT2D eigenvalue weighted by molar-refractivity contribution is 5.57. The Kier molecular flexibility index (Phi) is 3.66. The Labute approximate surface area is 101 Å². The summed E-state index contributed by atoms with van der Waals surface area (Å²) in [7, 11) is 0. The van der Waals surface area contributed by atoms with E-state index in [2.05, 4.69) is 4.98 Å². The van der Waals surface area contributed by atoms with Crippen molar-refractivity contribution in [3.05, 3.63) is 41.7 Å². The topological polar surface area (TPSA) is 52.0 Å². The zero-order valence-corrected chi connectivity index (χ0v) is 9.42. The van der Waals surface area contributed by atoms with E-state index in [1.54, 1.807) is 0 Å². The molecule has 96 valence electrons. The van der Waals surface area contributed by atoms with Gasteiger partial charge in [0.1, 0.15) is 0 Å². The lowest BCUT2D eigenvalue weighted by Gasteiger charge is -2.00. The number of hydrogen-bond acceptors (Lipinski definition) is 3. The van der Waals surface area contributed by atoms with Crippen molar-refractivity contribution < 1.29 is 17.6 Å². The Morgan fingerprint density at radius 3 is 2.67 bits per heavy atom. The van der Waals surface area contributed by atoms with Gasteiger partial charge >= 0.3 is 0 Å². The van der Waals surface area contributed by atoms with E-state index in [4.69, 9.17) is 10.2 Å². The van der Waals surface area contributed by atoms with Gasteiger partial charge in [-0.2, -0.15) is 0 Å². The van der Waals surface area contributed by atoms with Gasteiger partial charge < -0.3 is 10.2 Å². The monoisotopic (exact) mass is 256 g/mol. The third kappa shape index (κ3) is 2.38. The van der Waals surface area contributed by atoms with Gasteiger partial charge in [0.25, 0.3) is 0 Å². The van der Waals surface area contributed by atoms with Gasteiger partial charge in [0.05, 0.1) is 11.8 Å². The van der Waals surface area contributed by atoms with Crippen molar-refractivity contribution in [3.63, 3.8) is 0 Å². The highest BCUT2D eigenvalue weighted by atomic mass is 19.2. The smallest absolute Gasteiger partial charge is 0.195 e. The van der Waals surface area contributed by atoms with Crippen LogP contribution in [0.3, 0.4) is 0 Å². The van der Waals surface area contributed by atoms with Crippen molar-refractivity contribution in [2.24, 2.45) is 5.73 Å². The number of nitrogens with two attached hydrogens (primary N) is 1. The van der Waals surface area contributed by atoms with Gasteiger partial charge in [0.15, 0.2) is 29.1 Å². The molecule has 18 heavy (non-hydrogen) atoms. The average molecular weight is 256 g/mol. The molecular formula is C12H11F3N2O. The third-order valence-electron chi connectivity index (χ3n) is 2.45. The summed E-state index contributed by atoms with van der Waals surface area (Å²) in [4.78, 5) is 3.92. The van der Waals surface area contributed by atoms with Gasteiger partial charge in [-0.3, -0.25) is 0 Å². The largest absolute Gasteiger partial charge is 0.441 e. The quantitative estimate of drug-likeness (QED) is 0.855. The molecule has 0 spiro atoms. The van der Waals surface area contributed by atoms with Crippen LogP contribution in [0.15, 0.2) is 22.7 Å². The van der Waals surface area contributed by atoms with Crippen molar-refractivity contribution in [2.75, 3.05) is 6.54 Å². The second kappa shape index (κ2) is 5.22. The molecule has 1 heterocycles. The van der Waals surface area contributed by atoms with Crippen LogP contribution in [0, 0.1) is 17.5 Å². The van der Waals surface area contributed by atoms with E-state index in [1.165, 1.54) is 6.20 Å². The van der Waals surface area contributed by atoms with E-state index in [9.17, 15) is 13.2 Å². The van der Waals surface area contributed by atoms with Crippen LogP contribution in [0.5, 0.6) is 0 Å². The van der Waals surface area contributed by atoms with Crippen molar-refractivity contribution >= 4 is 0 Å². The summed E-state index contributed by atoms with van der Waals surface area (Å²) in [6.45, 7) is 0.483. The Morgan fingerprint density at radius 2 is 1.94 bits per heavy atom. The number of halogens is 3. The minimum Gasteiger partial charge on any atom is -0.441 e. The first-order valence-corrected chi connectivity index (χ1v) is 5.42. The van der Waals surface area contributed by atoms with Gasteiger partial charge in [0.2, 0.25) is 0 Å². The summed E-state index contributed by atoms with van der Waals surface area (Å²) in [6.07, 6.45) is 2.48. The van der Waals surface area contributed by atoms with E-state index in [-0.39, 0.29) is 11.3 Å². The molecule has 0 unspecified atom stereocenters. The zero-order chi connectivity index (χ0) is 13.1. The van der Waals surface area contributed by atoms with Crippen LogP contribution in [-0.4, -0.2) is 11.5 Å². The van der Waals surface area contributed by atoms with Crippen molar-refractivity contribution in [1.82, 2.24) is 4.98 Å². The third-order valence-corrected chi connectivity index (χ3v) is 2.45. The molecule has 0 atom stereocenters. The molecule has 2 rings (SSSR count). The SMILES string of the molecule is NCCCc1ncc(-c2ccc(F)c(F)c2F)o1. The van der Waals surface area contributed by atoms with Crippen LogP contribution in [0.1, 0.15) is 12.3 Å². The predicted molar refractivity (Wildman–Crippen MR) is 59.2 cm³/mol. The standard InChI is InChI=1S/C12H11F3N2O/c13-8-4-3-7(11(14)12(8)15)9-6-17-10(18-9)2-1-5-16/h3-4,6H,1-2,5,16H2. The Hall–Kier alpha value is -1.82. The molecule has 1 aromatic heterocycles. The molecule has 0 saturated carbocycles. The van der Waals surface area contributed by atoms with Crippen LogP contribution < -0.4 is 5.73 Å². The fourth-order valence-electron chi connectivity index (χ4n) is 1.52. The van der Waals surface area contributed by atoms with E-state index < -0.39 is 17.5 Å².